The maximum Gasteiger partial charge on any atom is 0.235 e. The van der Waals surface area contributed by atoms with Gasteiger partial charge in [-0.25, -0.2) is 8.42 Å². The second-order valence-electron chi connectivity index (χ2n) is 3.36. The number of rotatable bonds is 6. The average molecular weight is 279 g/mol. The summed E-state index contributed by atoms with van der Waals surface area (Å²) in [7, 11) is -3.44. The fraction of sp³-hybridized carbons (Fsp3) is 0.400. The molecule has 1 aromatic rings. The first-order valence-electron chi connectivity index (χ1n) is 5.08. The fourth-order valence-electron chi connectivity index (χ4n) is 1.15. The van der Waals surface area contributed by atoms with Crippen molar-refractivity contribution in [3.8, 4) is 0 Å². The van der Waals surface area contributed by atoms with Crippen LogP contribution in [0.15, 0.2) is 18.2 Å². The van der Waals surface area contributed by atoms with E-state index in [4.69, 9.17) is 22.1 Å². The first kappa shape index (κ1) is 14.1. The minimum absolute atomic E-state index is 0.110. The van der Waals surface area contributed by atoms with E-state index in [1.165, 1.54) is 12.1 Å². The standard InChI is InChI=1S/C10H15ClN2O3S/c1-2-16-5-6-17(14,15)13-10-4-3-8(12)7-9(10)11/h3-4,7,13H,2,5-6,12H2,1H3. The lowest BCUT2D eigenvalue weighted by molar-refractivity contribution is 0.163. The van der Waals surface area contributed by atoms with Crippen LogP contribution >= 0.6 is 11.6 Å². The highest BCUT2D eigenvalue weighted by Gasteiger charge is 2.12. The number of hydrogen-bond donors (Lipinski definition) is 2. The summed E-state index contributed by atoms with van der Waals surface area (Å²) in [6, 6.07) is 4.59. The van der Waals surface area contributed by atoms with Gasteiger partial charge in [-0.3, -0.25) is 4.72 Å². The molecule has 1 aromatic carbocycles. The van der Waals surface area contributed by atoms with Gasteiger partial charge in [-0.1, -0.05) is 11.6 Å². The van der Waals surface area contributed by atoms with Crippen molar-refractivity contribution < 1.29 is 13.2 Å². The molecule has 7 heteroatoms. The van der Waals surface area contributed by atoms with Crippen molar-refractivity contribution in [2.24, 2.45) is 0 Å². The number of nitrogens with two attached hydrogens (primary N) is 1. The molecule has 0 bridgehead atoms. The maximum atomic E-state index is 11.6. The van der Waals surface area contributed by atoms with Crippen LogP contribution in [0.1, 0.15) is 6.92 Å². The van der Waals surface area contributed by atoms with Crippen LogP contribution in [0.5, 0.6) is 0 Å². The van der Waals surface area contributed by atoms with E-state index in [-0.39, 0.29) is 17.4 Å². The Morgan fingerprint density at radius 2 is 2.18 bits per heavy atom. The van der Waals surface area contributed by atoms with Crippen LogP contribution in [0.3, 0.4) is 0 Å². The van der Waals surface area contributed by atoms with Gasteiger partial charge in [-0.15, -0.1) is 0 Å². The van der Waals surface area contributed by atoms with Gasteiger partial charge in [0.15, 0.2) is 0 Å². The third kappa shape index (κ3) is 4.80. The van der Waals surface area contributed by atoms with E-state index in [0.717, 1.165) is 0 Å². The Kier molecular flexibility index (Phi) is 5.04. The third-order valence-corrected chi connectivity index (χ3v) is 3.51. The Morgan fingerprint density at radius 3 is 2.76 bits per heavy atom. The minimum Gasteiger partial charge on any atom is -0.399 e. The van der Waals surface area contributed by atoms with Crippen LogP contribution in [0.4, 0.5) is 11.4 Å². The lowest BCUT2D eigenvalue weighted by Crippen LogP contribution is -2.20. The quantitative estimate of drug-likeness (QED) is 0.613. The number of nitrogen functional groups attached to an aromatic ring is 1. The monoisotopic (exact) mass is 278 g/mol. The molecule has 1 rings (SSSR count). The Balaban J connectivity index is 2.69. The largest absolute Gasteiger partial charge is 0.399 e. The van der Waals surface area contributed by atoms with Gasteiger partial charge in [0.25, 0.3) is 0 Å². The van der Waals surface area contributed by atoms with E-state index >= 15 is 0 Å². The van der Waals surface area contributed by atoms with Gasteiger partial charge in [0.2, 0.25) is 10.0 Å². The molecule has 0 heterocycles. The summed E-state index contributed by atoms with van der Waals surface area (Å²) < 4.78 is 30.6. The lowest BCUT2D eigenvalue weighted by atomic mass is 10.3. The van der Waals surface area contributed by atoms with E-state index in [0.29, 0.717) is 18.0 Å². The number of hydrogen-bond acceptors (Lipinski definition) is 4. The highest BCUT2D eigenvalue weighted by atomic mass is 35.5. The first-order valence-corrected chi connectivity index (χ1v) is 7.11. The Hall–Kier alpha value is -0.980. The molecule has 0 spiro atoms. The van der Waals surface area contributed by atoms with Gasteiger partial charge in [0, 0.05) is 12.3 Å². The van der Waals surface area contributed by atoms with Crippen molar-refractivity contribution in [1.29, 1.82) is 0 Å². The van der Waals surface area contributed by atoms with Gasteiger partial charge < -0.3 is 10.5 Å². The molecule has 0 aliphatic heterocycles. The predicted octanol–water partition coefficient (Wildman–Crippen LogP) is 1.70. The number of sulfonamides is 1. The van der Waals surface area contributed by atoms with E-state index < -0.39 is 10.0 Å². The van der Waals surface area contributed by atoms with Crippen molar-refractivity contribution in [3.05, 3.63) is 23.2 Å². The highest BCUT2D eigenvalue weighted by Crippen LogP contribution is 2.24. The van der Waals surface area contributed by atoms with Crippen molar-refractivity contribution >= 4 is 33.0 Å². The van der Waals surface area contributed by atoms with E-state index in [9.17, 15) is 8.42 Å². The van der Waals surface area contributed by atoms with Gasteiger partial charge in [-0.2, -0.15) is 0 Å². The zero-order valence-corrected chi connectivity index (χ0v) is 11.0. The molecule has 0 unspecified atom stereocenters. The Bertz CT molecular complexity index is 476. The highest BCUT2D eigenvalue weighted by molar-refractivity contribution is 7.92. The molecule has 0 amide bonds. The summed E-state index contributed by atoms with van der Waals surface area (Å²) in [5, 5.41) is 0.269. The van der Waals surface area contributed by atoms with Gasteiger partial charge >= 0.3 is 0 Å². The van der Waals surface area contributed by atoms with Crippen LogP contribution < -0.4 is 10.5 Å². The summed E-state index contributed by atoms with van der Waals surface area (Å²) >= 11 is 5.86. The fourth-order valence-corrected chi connectivity index (χ4v) is 2.39. The molecule has 0 aliphatic carbocycles. The SMILES string of the molecule is CCOCCS(=O)(=O)Nc1ccc(N)cc1Cl. The Morgan fingerprint density at radius 1 is 1.47 bits per heavy atom. The lowest BCUT2D eigenvalue weighted by Gasteiger charge is -2.09. The summed E-state index contributed by atoms with van der Waals surface area (Å²) in [6.07, 6.45) is 0. The predicted molar refractivity (Wildman–Crippen MR) is 69.8 cm³/mol. The molecule has 0 saturated carbocycles. The zero-order valence-electron chi connectivity index (χ0n) is 9.44. The molecule has 17 heavy (non-hydrogen) atoms. The van der Waals surface area contributed by atoms with E-state index in [1.807, 2.05) is 0 Å². The van der Waals surface area contributed by atoms with Crippen LogP contribution in [0.2, 0.25) is 5.02 Å². The molecule has 96 valence electrons. The molecule has 0 saturated heterocycles. The topological polar surface area (TPSA) is 81.4 Å². The number of ether oxygens (including phenoxy) is 1. The zero-order chi connectivity index (χ0) is 12.9. The first-order chi connectivity index (χ1) is 7.94. The van der Waals surface area contributed by atoms with Crippen LogP contribution in [0, 0.1) is 0 Å². The molecule has 0 radical (unpaired) electrons. The van der Waals surface area contributed by atoms with E-state index in [2.05, 4.69) is 4.72 Å². The molecular weight excluding hydrogens is 264 g/mol. The summed E-state index contributed by atoms with van der Waals surface area (Å²) in [5.74, 6) is -0.110. The second-order valence-corrected chi connectivity index (χ2v) is 5.61. The average Bonchev–Trinajstić information content (AvgIpc) is 2.22. The van der Waals surface area contributed by atoms with Crippen LogP contribution in [-0.2, 0) is 14.8 Å². The molecule has 0 atom stereocenters. The summed E-state index contributed by atoms with van der Waals surface area (Å²) in [4.78, 5) is 0. The van der Waals surface area contributed by atoms with E-state index in [1.54, 1.807) is 13.0 Å². The van der Waals surface area contributed by atoms with Crippen LogP contribution in [-0.4, -0.2) is 27.4 Å². The van der Waals surface area contributed by atoms with Gasteiger partial charge in [0.1, 0.15) is 0 Å². The summed E-state index contributed by atoms with van der Waals surface area (Å²) in [5.41, 5.74) is 6.30. The molecule has 0 aromatic heterocycles. The third-order valence-electron chi connectivity index (χ3n) is 1.96. The molecule has 0 fully saturated rings. The minimum atomic E-state index is -3.44. The molecular formula is C10H15ClN2O3S. The second kappa shape index (κ2) is 6.09. The van der Waals surface area contributed by atoms with Crippen molar-refractivity contribution in [3.63, 3.8) is 0 Å². The number of anilines is 2. The van der Waals surface area contributed by atoms with Crippen LogP contribution in [0.25, 0.3) is 0 Å². The number of nitrogens with one attached hydrogen (secondary N) is 1. The number of benzene rings is 1. The molecule has 5 nitrogen and oxygen atoms in total. The van der Waals surface area contributed by atoms with Gasteiger partial charge in [0.05, 0.1) is 23.1 Å². The normalized spacial score (nSPS) is 11.4. The Labute approximate surface area is 106 Å². The van der Waals surface area contributed by atoms with Crippen molar-refractivity contribution in [1.82, 2.24) is 0 Å². The smallest absolute Gasteiger partial charge is 0.235 e. The van der Waals surface area contributed by atoms with Crippen molar-refractivity contribution in [2.75, 3.05) is 29.4 Å². The summed E-state index contributed by atoms with van der Waals surface area (Å²) in [6.45, 7) is 2.44. The molecule has 0 aliphatic rings. The number of halogens is 1. The maximum absolute atomic E-state index is 11.6. The molecule has 3 N–H and O–H groups in total. The van der Waals surface area contributed by atoms with Crippen molar-refractivity contribution in [2.45, 2.75) is 6.92 Å². The van der Waals surface area contributed by atoms with Gasteiger partial charge in [-0.05, 0) is 25.1 Å².